The maximum atomic E-state index is 12.4. The van der Waals surface area contributed by atoms with Crippen LogP contribution in [0, 0.1) is 0 Å². The van der Waals surface area contributed by atoms with E-state index in [1.807, 2.05) is 0 Å². The number of aryl methyl sites for hydroxylation is 1. The van der Waals surface area contributed by atoms with Crippen LogP contribution in [0.5, 0.6) is 0 Å². The van der Waals surface area contributed by atoms with E-state index in [1.165, 1.54) is 4.57 Å². The average molecular weight is 340 g/mol. The Morgan fingerprint density at radius 3 is 2.72 bits per heavy atom. The van der Waals surface area contributed by atoms with Gasteiger partial charge in [0, 0.05) is 18.3 Å². The monoisotopic (exact) mass is 340 g/mol. The zero-order chi connectivity index (χ0) is 18.0. The molecule has 0 radical (unpaired) electrons. The number of esters is 1. The molecule has 1 aromatic heterocycles. The molecule has 0 unspecified atom stereocenters. The minimum Gasteiger partial charge on any atom is -0.462 e. The van der Waals surface area contributed by atoms with E-state index in [-0.39, 0.29) is 12.5 Å². The molecule has 3 rings (SSSR count). The molecule has 0 saturated carbocycles. The smallest absolute Gasteiger partial charge is 0.419 e. The van der Waals surface area contributed by atoms with E-state index in [1.54, 1.807) is 56.4 Å². The summed E-state index contributed by atoms with van der Waals surface area (Å²) in [6.07, 6.45) is 0. The third kappa shape index (κ3) is 3.30. The summed E-state index contributed by atoms with van der Waals surface area (Å²) < 4.78 is 11.3. The summed E-state index contributed by atoms with van der Waals surface area (Å²) in [7, 11) is 1.57. The Kier molecular flexibility index (Phi) is 4.38. The lowest BCUT2D eigenvalue weighted by atomic mass is 10.1. The Morgan fingerprint density at radius 2 is 1.96 bits per heavy atom. The highest BCUT2D eigenvalue weighted by Crippen LogP contribution is 2.17. The molecule has 0 atom stereocenters. The van der Waals surface area contributed by atoms with Gasteiger partial charge < -0.3 is 14.5 Å². The number of carbonyl (C=O) groups is 2. The highest BCUT2D eigenvalue weighted by Gasteiger charge is 2.13. The standard InChI is InChI=1S/C18H16N2O5/c1-3-24-17(22)12-5-4-6-13(9-12)19-16(21)11-7-8-15-14(10-11)20(2)18(23)25-15/h4-10H,3H2,1-2H3,(H,19,21). The molecule has 0 bridgehead atoms. The van der Waals surface area contributed by atoms with Crippen molar-refractivity contribution in [3.05, 3.63) is 64.1 Å². The Morgan fingerprint density at radius 1 is 1.16 bits per heavy atom. The van der Waals surface area contributed by atoms with Gasteiger partial charge in [-0.3, -0.25) is 9.36 Å². The summed E-state index contributed by atoms with van der Waals surface area (Å²) in [6, 6.07) is 11.2. The van der Waals surface area contributed by atoms with E-state index in [0.717, 1.165) is 0 Å². The van der Waals surface area contributed by atoms with Gasteiger partial charge in [-0.25, -0.2) is 9.59 Å². The number of benzene rings is 2. The molecule has 0 spiro atoms. The summed E-state index contributed by atoms with van der Waals surface area (Å²) in [6.45, 7) is 2.00. The summed E-state index contributed by atoms with van der Waals surface area (Å²) in [5.74, 6) is -1.31. The molecule has 7 heteroatoms. The number of nitrogens with zero attached hydrogens (tertiary/aromatic N) is 1. The molecule has 0 saturated heterocycles. The maximum absolute atomic E-state index is 12.4. The zero-order valence-electron chi connectivity index (χ0n) is 13.7. The number of oxazole rings is 1. The number of hydrogen-bond acceptors (Lipinski definition) is 5. The van der Waals surface area contributed by atoms with Gasteiger partial charge in [-0.1, -0.05) is 6.07 Å². The van der Waals surface area contributed by atoms with E-state index in [2.05, 4.69) is 5.32 Å². The van der Waals surface area contributed by atoms with Crippen molar-refractivity contribution in [3.8, 4) is 0 Å². The highest BCUT2D eigenvalue weighted by atomic mass is 16.5. The van der Waals surface area contributed by atoms with Gasteiger partial charge in [-0.2, -0.15) is 0 Å². The van der Waals surface area contributed by atoms with Crippen LogP contribution >= 0.6 is 0 Å². The minimum absolute atomic E-state index is 0.277. The van der Waals surface area contributed by atoms with Crippen LogP contribution in [0.15, 0.2) is 51.7 Å². The van der Waals surface area contributed by atoms with Crippen LogP contribution in [-0.2, 0) is 11.8 Å². The second-order valence-corrected chi connectivity index (χ2v) is 5.36. The van der Waals surface area contributed by atoms with Crippen molar-refractivity contribution in [2.24, 2.45) is 7.05 Å². The number of aromatic nitrogens is 1. The third-order valence-corrected chi connectivity index (χ3v) is 3.69. The average Bonchev–Trinajstić information content (AvgIpc) is 2.89. The van der Waals surface area contributed by atoms with Crippen molar-refractivity contribution in [2.75, 3.05) is 11.9 Å². The highest BCUT2D eigenvalue weighted by molar-refractivity contribution is 6.06. The topological polar surface area (TPSA) is 90.5 Å². The van der Waals surface area contributed by atoms with E-state index in [0.29, 0.717) is 27.9 Å². The van der Waals surface area contributed by atoms with Gasteiger partial charge in [0.05, 0.1) is 17.7 Å². The van der Waals surface area contributed by atoms with Crippen molar-refractivity contribution in [3.63, 3.8) is 0 Å². The van der Waals surface area contributed by atoms with Crippen LogP contribution in [-0.4, -0.2) is 23.1 Å². The van der Waals surface area contributed by atoms with Crippen molar-refractivity contribution in [1.82, 2.24) is 4.57 Å². The normalized spacial score (nSPS) is 10.6. The van der Waals surface area contributed by atoms with Crippen LogP contribution in [0.3, 0.4) is 0 Å². The zero-order valence-corrected chi connectivity index (χ0v) is 13.7. The summed E-state index contributed by atoms with van der Waals surface area (Å²) in [5.41, 5.74) is 2.13. The third-order valence-electron chi connectivity index (χ3n) is 3.69. The van der Waals surface area contributed by atoms with Gasteiger partial charge in [0.15, 0.2) is 5.58 Å². The fraction of sp³-hybridized carbons (Fsp3) is 0.167. The first-order chi connectivity index (χ1) is 12.0. The molecule has 1 amide bonds. The molecule has 25 heavy (non-hydrogen) atoms. The minimum atomic E-state index is -0.491. The Balaban J connectivity index is 1.85. The molecule has 7 nitrogen and oxygen atoms in total. The molecule has 0 aliphatic heterocycles. The van der Waals surface area contributed by atoms with Crippen molar-refractivity contribution < 1.29 is 18.7 Å². The number of hydrogen-bond donors (Lipinski definition) is 1. The number of fused-ring (bicyclic) bond motifs is 1. The largest absolute Gasteiger partial charge is 0.462 e. The Labute approximate surface area is 142 Å². The first kappa shape index (κ1) is 16.5. The van der Waals surface area contributed by atoms with Gasteiger partial charge in [0.2, 0.25) is 0 Å². The molecule has 0 fully saturated rings. The predicted molar refractivity (Wildman–Crippen MR) is 91.8 cm³/mol. The van der Waals surface area contributed by atoms with Crippen molar-refractivity contribution in [1.29, 1.82) is 0 Å². The molecule has 1 N–H and O–H groups in total. The van der Waals surface area contributed by atoms with E-state index < -0.39 is 11.7 Å². The quantitative estimate of drug-likeness (QED) is 0.737. The van der Waals surface area contributed by atoms with E-state index in [9.17, 15) is 14.4 Å². The Bertz CT molecular complexity index is 1020. The lowest BCUT2D eigenvalue weighted by molar-refractivity contribution is 0.0526. The second-order valence-electron chi connectivity index (χ2n) is 5.36. The molecular formula is C18H16N2O5. The molecule has 2 aromatic carbocycles. The lowest BCUT2D eigenvalue weighted by Gasteiger charge is -2.07. The fourth-order valence-electron chi connectivity index (χ4n) is 2.41. The first-order valence-corrected chi connectivity index (χ1v) is 7.67. The van der Waals surface area contributed by atoms with Crippen LogP contribution in [0.4, 0.5) is 5.69 Å². The van der Waals surface area contributed by atoms with Gasteiger partial charge in [-0.15, -0.1) is 0 Å². The van der Waals surface area contributed by atoms with Gasteiger partial charge in [0.25, 0.3) is 5.91 Å². The van der Waals surface area contributed by atoms with Crippen molar-refractivity contribution in [2.45, 2.75) is 6.92 Å². The summed E-state index contributed by atoms with van der Waals surface area (Å²) >= 11 is 0. The number of rotatable bonds is 4. The summed E-state index contributed by atoms with van der Waals surface area (Å²) in [5, 5.41) is 2.72. The van der Waals surface area contributed by atoms with Crippen LogP contribution < -0.4 is 11.1 Å². The molecule has 3 aromatic rings. The van der Waals surface area contributed by atoms with E-state index in [4.69, 9.17) is 9.15 Å². The molecular weight excluding hydrogens is 324 g/mol. The van der Waals surface area contributed by atoms with Gasteiger partial charge in [-0.05, 0) is 43.3 Å². The predicted octanol–water partition coefficient (Wildman–Crippen LogP) is 2.56. The van der Waals surface area contributed by atoms with E-state index >= 15 is 0 Å². The molecule has 128 valence electrons. The fourth-order valence-corrected chi connectivity index (χ4v) is 2.41. The van der Waals surface area contributed by atoms with Crippen molar-refractivity contribution >= 4 is 28.7 Å². The lowest BCUT2D eigenvalue weighted by Crippen LogP contribution is -2.13. The van der Waals surface area contributed by atoms with Crippen LogP contribution in [0.1, 0.15) is 27.6 Å². The van der Waals surface area contributed by atoms with Crippen LogP contribution in [0.25, 0.3) is 11.1 Å². The number of ether oxygens (including phenoxy) is 1. The number of anilines is 1. The number of amides is 1. The van der Waals surface area contributed by atoms with Gasteiger partial charge >= 0.3 is 11.7 Å². The van der Waals surface area contributed by atoms with Gasteiger partial charge in [0.1, 0.15) is 0 Å². The maximum Gasteiger partial charge on any atom is 0.419 e. The molecule has 0 aliphatic rings. The SMILES string of the molecule is CCOC(=O)c1cccc(NC(=O)c2ccc3oc(=O)n(C)c3c2)c1. The second kappa shape index (κ2) is 6.64. The number of carbonyl (C=O) groups excluding carboxylic acids is 2. The number of nitrogens with one attached hydrogen (secondary N) is 1. The van der Waals surface area contributed by atoms with Crippen LogP contribution in [0.2, 0.25) is 0 Å². The Hall–Kier alpha value is -3.35. The first-order valence-electron chi connectivity index (χ1n) is 7.67. The molecule has 0 aliphatic carbocycles. The summed E-state index contributed by atoms with van der Waals surface area (Å²) in [4.78, 5) is 35.7. The molecule has 1 heterocycles.